The number of primary amides is 1. The van der Waals surface area contributed by atoms with Gasteiger partial charge in [0.2, 0.25) is 0 Å². The first-order valence-electron chi connectivity index (χ1n) is 4.83. The van der Waals surface area contributed by atoms with E-state index < -0.39 is 11.6 Å². The van der Waals surface area contributed by atoms with Crippen molar-refractivity contribution in [3.05, 3.63) is 0 Å². The van der Waals surface area contributed by atoms with Gasteiger partial charge in [0.1, 0.15) is 0 Å². The van der Waals surface area contributed by atoms with E-state index in [2.05, 4.69) is 10.5 Å². The summed E-state index contributed by atoms with van der Waals surface area (Å²) in [6.45, 7) is 1.87. The highest BCUT2D eigenvalue weighted by Crippen LogP contribution is 2.48. The van der Waals surface area contributed by atoms with E-state index in [1.54, 1.807) is 0 Å². The van der Waals surface area contributed by atoms with E-state index in [4.69, 9.17) is 5.73 Å². The summed E-state index contributed by atoms with van der Waals surface area (Å²) in [5.41, 5.74) is 7.59. The minimum Gasteiger partial charge on any atom is -0.390 e. The van der Waals surface area contributed by atoms with Gasteiger partial charge in [0.05, 0.1) is 5.60 Å². The van der Waals surface area contributed by atoms with E-state index in [0.717, 1.165) is 25.0 Å². The Labute approximate surface area is 82.4 Å². The summed E-state index contributed by atoms with van der Waals surface area (Å²) in [5.74, 6) is 0.614. The number of carbonyl (C=O) groups is 1. The minimum atomic E-state index is -0.632. The molecule has 2 fully saturated rings. The summed E-state index contributed by atoms with van der Waals surface area (Å²) in [6, 6.07) is -0.632. The Hall–Kier alpha value is -1.10. The fourth-order valence-corrected chi connectivity index (χ4v) is 2.59. The van der Waals surface area contributed by atoms with Crippen molar-refractivity contribution < 1.29 is 9.90 Å². The van der Waals surface area contributed by atoms with Crippen LogP contribution in [0.25, 0.3) is 0 Å². The van der Waals surface area contributed by atoms with Crippen LogP contribution in [-0.2, 0) is 0 Å². The molecule has 0 aromatic carbocycles. The van der Waals surface area contributed by atoms with Crippen LogP contribution >= 0.6 is 0 Å². The quantitative estimate of drug-likeness (QED) is 0.524. The van der Waals surface area contributed by atoms with Crippen LogP contribution < -0.4 is 11.2 Å². The van der Waals surface area contributed by atoms with Gasteiger partial charge < -0.3 is 10.8 Å². The molecule has 3 atom stereocenters. The monoisotopic (exact) mass is 197 g/mol. The van der Waals surface area contributed by atoms with Crippen molar-refractivity contribution in [2.24, 2.45) is 22.7 Å². The topological polar surface area (TPSA) is 87.7 Å². The molecule has 3 unspecified atom stereocenters. The van der Waals surface area contributed by atoms with Crippen LogP contribution in [0.4, 0.5) is 4.79 Å². The lowest BCUT2D eigenvalue weighted by molar-refractivity contribution is 0.0190. The number of aliphatic hydroxyl groups is 1. The third kappa shape index (κ3) is 1.48. The summed E-state index contributed by atoms with van der Waals surface area (Å²) < 4.78 is 0. The Morgan fingerprint density at radius 3 is 2.93 bits per heavy atom. The number of hydrogen-bond donors (Lipinski definition) is 3. The zero-order valence-electron chi connectivity index (χ0n) is 8.16. The first-order valence-corrected chi connectivity index (χ1v) is 4.83. The highest BCUT2D eigenvalue weighted by Gasteiger charge is 2.50. The lowest BCUT2D eigenvalue weighted by Crippen LogP contribution is -2.35. The molecule has 2 bridgehead atoms. The zero-order chi connectivity index (χ0) is 10.3. The third-order valence-corrected chi connectivity index (χ3v) is 3.34. The van der Waals surface area contributed by atoms with Gasteiger partial charge in [-0.05, 0) is 32.1 Å². The number of fused-ring (bicyclic) bond motifs is 2. The number of rotatable bonds is 1. The Morgan fingerprint density at radius 2 is 2.50 bits per heavy atom. The molecule has 14 heavy (non-hydrogen) atoms. The van der Waals surface area contributed by atoms with Gasteiger partial charge in [-0.3, -0.25) is 0 Å². The molecule has 0 saturated heterocycles. The number of nitrogens with two attached hydrogens (primary N) is 1. The molecule has 0 spiro atoms. The molecule has 0 aliphatic heterocycles. The lowest BCUT2D eigenvalue weighted by atomic mass is 9.85. The van der Waals surface area contributed by atoms with Gasteiger partial charge in [-0.2, -0.15) is 5.10 Å². The maximum absolute atomic E-state index is 10.4. The Bertz CT molecular complexity index is 298. The molecule has 0 aromatic heterocycles. The molecule has 5 heteroatoms. The maximum Gasteiger partial charge on any atom is 0.332 e. The Balaban J connectivity index is 2.03. The smallest absolute Gasteiger partial charge is 0.332 e. The van der Waals surface area contributed by atoms with Gasteiger partial charge in [-0.25, -0.2) is 10.2 Å². The van der Waals surface area contributed by atoms with Crippen LogP contribution in [0.15, 0.2) is 5.10 Å². The molecular weight excluding hydrogens is 182 g/mol. The van der Waals surface area contributed by atoms with E-state index in [1.165, 1.54) is 0 Å². The fourth-order valence-electron chi connectivity index (χ4n) is 2.59. The highest BCUT2D eigenvalue weighted by molar-refractivity contribution is 5.91. The normalized spacial score (nSPS) is 43.1. The highest BCUT2D eigenvalue weighted by atomic mass is 16.3. The number of carbonyl (C=O) groups excluding carboxylic acids is 1. The van der Waals surface area contributed by atoms with Crippen LogP contribution in [-0.4, -0.2) is 22.5 Å². The van der Waals surface area contributed by atoms with Crippen LogP contribution in [0.2, 0.25) is 0 Å². The number of amides is 2. The Morgan fingerprint density at radius 1 is 1.79 bits per heavy atom. The standard InChI is InChI=1S/C9H15N3O2/c1-9(14)4-5-2-6(9)3-7(5)11-12-8(10)13/h5-6,14H,2-4H2,1H3,(H3,10,12,13)/b11-7+. The molecule has 2 saturated carbocycles. The van der Waals surface area contributed by atoms with Gasteiger partial charge >= 0.3 is 6.03 Å². The van der Waals surface area contributed by atoms with Crippen molar-refractivity contribution in [1.82, 2.24) is 5.43 Å². The summed E-state index contributed by atoms with van der Waals surface area (Å²) in [6.07, 6.45) is 2.50. The van der Waals surface area contributed by atoms with Gasteiger partial charge in [-0.1, -0.05) is 0 Å². The van der Waals surface area contributed by atoms with Crippen molar-refractivity contribution in [3.8, 4) is 0 Å². The summed E-state index contributed by atoms with van der Waals surface area (Å²) in [4.78, 5) is 10.4. The molecule has 2 rings (SSSR count). The van der Waals surface area contributed by atoms with E-state index in [-0.39, 0.29) is 0 Å². The van der Waals surface area contributed by atoms with Crippen molar-refractivity contribution in [1.29, 1.82) is 0 Å². The van der Waals surface area contributed by atoms with Gasteiger partial charge in [0.25, 0.3) is 0 Å². The lowest BCUT2D eigenvalue weighted by Gasteiger charge is -2.28. The maximum atomic E-state index is 10.4. The average Bonchev–Trinajstić information content (AvgIpc) is 2.55. The first kappa shape index (κ1) is 9.45. The number of nitrogens with one attached hydrogen (secondary N) is 1. The molecule has 0 aromatic rings. The third-order valence-electron chi connectivity index (χ3n) is 3.34. The summed E-state index contributed by atoms with van der Waals surface area (Å²) in [5, 5.41) is 13.9. The molecule has 0 radical (unpaired) electrons. The predicted octanol–water partition coefficient (Wildman–Crippen LogP) is 0.192. The van der Waals surface area contributed by atoms with Gasteiger partial charge in [0, 0.05) is 11.6 Å². The minimum absolute atomic E-state index is 0.293. The number of nitrogens with zero attached hydrogens (tertiary/aromatic N) is 1. The number of hydrogen-bond acceptors (Lipinski definition) is 3. The number of hydrazone groups is 1. The van der Waals surface area contributed by atoms with E-state index >= 15 is 0 Å². The molecule has 0 heterocycles. The zero-order valence-corrected chi connectivity index (χ0v) is 8.16. The second-order valence-corrected chi connectivity index (χ2v) is 4.47. The van der Waals surface area contributed by atoms with Gasteiger partial charge in [-0.15, -0.1) is 0 Å². The molecular formula is C9H15N3O2. The summed E-state index contributed by atoms with van der Waals surface area (Å²) in [7, 11) is 0. The molecule has 2 aliphatic rings. The van der Waals surface area contributed by atoms with E-state index in [9.17, 15) is 9.90 Å². The van der Waals surface area contributed by atoms with Crippen molar-refractivity contribution in [2.75, 3.05) is 0 Å². The Kier molecular flexibility index (Phi) is 1.99. The predicted molar refractivity (Wildman–Crippen MR) is 51.6 cm³/mol. The van der Waals surface area contributed by atoms with Crippen LogP contribution in [0.5, 0.6) is 0 Å². The molecule has 2 aliphatic carbocycles. The van der Waals surface area contributed by atoms with Crippen molar-refractivity contribution in [2.45, 2.75) is 31.8 Å². The van der Waals surface area contributed by atoms with Crippen LogP contribution in [0.1, 0.15) is 26.2 Å². The second-order valence-electron chi connectivity index (χ2n) is 4.47. The largest absolute Gasteiger partial charge is 0.390 e. The first-order chi connectivity index (χ1) is 6.49. The molecule has 2 amide bonds. The fraction of sp³-hybridized carbons (Fsp3) is 0.778. The molecule has 4 N–H and O–H groups in total. The molecule has 5 nitrogen and oxygen atoms in total. The SMILES string of the molecule is CC1(O)CC2CC1C/C2=N\NC(N)=O. The van der Waals surface area contributed by atoms with E-state index in [0.29, 0.717) is 11.8 Å². The van der Waals surface area contributed by atoms with Crippen LogP contribution in [0, 0.1) is 11.8 Å². The summed E-state index contributed by atoms with van der Waals surface area (Å²) >= 11 is 0. The van der Waals surface area contributed by atoms with Crippen LogP contribution in [0.3, 0.4) is 0 Å². The number of urea groups is 1. The second kappa shape index (κ2) is 2.95. The van der Waals surface area contributed by atoms with E-state index in [1.807, 2.05) is 6.92 Å². The molecule has 78 valence electrons. The van der Waals surface area contributed by atoms with Gasteiger partial charge in [0.15, 0.2) is 0 Å². The average molecular weight is 197 g/mol. The van der Waals surface area contributed by atoms with Crippen molar-refractivity contribution >= 4 is 11.7 Å². The van der Waals surface area contributed by atoms with Crippen molar-refractivity contribution in [3.63, 3.8) is 0 Å².